The molecule has 27 heavy (non-hydrogen) atoms. The molecule has 0 saturated heterocycles. The van der Waals surface area contributed by atoms with Crippen molar-refractivity contribution in [1.29, 1.82) is 0 Å². The van der Waals surface area contributed by atoms with Crippen molar-refractivity contribution in [3.63, 3.8) is 0 Å². The molecule has 2 aromatic heterocycles. The van der Waals surface area contributed by atoms with Gasteiger partial charge in [-0.2, -0.15) is 4.73 Å². The van der Waals surface area contributed by atoms with Gasteiger partial charge in [0.1, 0.15) is 5.82 Å². The molecule has 0 N–H and O–H groups in total. The first kappa shape index (κ1) is 19.7. The van der Waals surface area contributed by atoms with Gasteiger partial charge in [-0.1, -0.05) is 6.92 Å². The average molecular weight is 407 g/mol. The summed E-state index contributed by atoms with van der Waals surface area (Å²) in [6, 6.07) is 10.3. The molecule has 0 radical (unpaired) electrons. The first-order chi connectivity index (χ1) is 12.8. The zero-order chi connectivity index (χ0) is 19.6. The second-order valence-electron chi connectivity index (χ2n) is 6.27. The molecule has 0 aliphatic carbocycles. The van der Waals surface area contributed by atoms with E-state index in [4.69, 9.17) is 0 Å². The maximum atomic E-state index is 12.4. The number of hydrogen-bond donors (Lipinski definition) is 0. The Balaban J connectivity index is 1.99. The van der Waals surface area contributed by atoms with Crippen LogP contribution in [-0.4, -0.2) is 36.4 Å². The van der Waals surface area contributed by atoms with Crippen molar-refractivity contribution in [3.8, 4) is 0 Å². The molecular weight excluding hydrogens is 384 g/mol. The molecule has 7 nitrogen and oxygen atoms in total. The summed E-state index contributed by atoms with van der Waals surface area (Å²) in [5, 5.41) is 12.4. The van der Waals surface area contributed by atoms with E-state index in [1.54, 1.807) is 30.3 Å². The van der Waals surface area contributed by atoms with Crippen LogP contribution in [0.2, 0.25) is 0 Å². The van der Waals surface area contributed by atoms with E-state index in [-0.39, 0.29) is 4.90 Å². The number of benzene rings is 1. The van der Waals surface area contributed by atoms with E-state index in [0.29, 0.717) is 16.3 Å². The Morgan fingerprint density at radius 1 is 1.26 bits per heavy atom. The third-order valence-electron chi connectivity index (χ3n) is 4.16. The van der Waals surface area contributed by atoms with Crippen LogP contribution in [0.25, 0.3) is 11.0 Å². The van der Waals surface area contributed by atoms with Gasteiger partial charge < -0.3 is 9.77 Å². The van der Waals surface area contributed by atoms with Gasteiger partial charge in [-0.15, -0.1) is 0 Å². The highest BCUT2D eigenvalue weighted by atomic mass is 32.2. The first-order valence-electron chi connectivity index (χ1n) is 8.57. The van der Waals surface area contributed by atoms with Crippen molar-refractivity contribution in [2.75, 3.05) is 14.1 Å². The van der Waals surface area contributed by atoms with Gasteiger partial charge in [-0.25, -0.2) is 17.7 Å². The van der Waals surface area contributed by atoms with Crippen LogP contribution in [0.5, 0.6) is 0 Å². The standard InChI is InChI=1S/C18H22N4O3S2/c1-4-10-21-16-9-8-14(27(24,25)20(2)3)12-15(16)19-17(21)13-26-18-7-5-6-11-22(18)23/h5-9,11-12H,4,10,13H2,1-3H3. The fourth-order valence-electron chi connectivity index (χ4n) is 2.78. The van der Waals surface area contributed by atoms with Gasteiger partial charge in [0.05, 0.1) is 21.7 Å². The summed E-state index contributed by atoms with van der Waals surface area (Å²) in [6.07, 6.45) is 2.39. The number of thioether (sulfide) groups is 1. The van der Waals surface area contributed by atoms with Gasteiger partial charge in [-0.3, -0.25) is 0 Å². The summed E-state index contributed by atoms with van der Waals surface area (Å²) >= 11 is 1.41. The highest BCUT2D eigenvalue weighted by molar-refractivity contribution is 7.98. The van der Waals surface area contributed by atoms with Crippen LogP contribution < -0.4 is 4.73 Å². The number of nitrogens with zero attached hydrogens (tertiary/aromatic N) is 4. The van der Waals surface area contributed by atoms with Gasteiger partial charge in [0.15, 0.2) is 6.20 Å². The predicted octanol–water partition coefficient (Wildman–Crippen LogP) is 2.62. The number of aryl methyl sites for hydroxylation is 1. The lowest BCUT2D eigenvalue weighted by atomic mass is 10.3. The van der Waals surface area contributed by atoms with E-state index in [0.717, 1.165) is 29.0 Å². The first-order valence-corrected chi connectivity index (χ1v) is 11.0. The zero-order valence-electron chi connectivity index (χ0n) is 15.5. The lowest BCUT2D eigenvalue weighted by molar-refractivity contribution is -0.645. The summed E-state index contributed by atoms with van der Waals surface area (Å²) < 4.78 is 28.9. The number of hydrogen-bond acceptors (Lipinski definition) is 5. The number of rotatable bonds is 7. The van der Waals surface area contributed by atoms with Crippen molar-refractivity contribution in [2.24, 2.45) is 0 Å². The minimum Gasteiger partial charge on any atom is -0.618 e. The van der Waals surface area contributed by atoms with E-state index >= 15 is 0 Å². The second kappa shape index (κ2) is 7.87. The minimum absolute atomic E-state index is 0.223. The normalized spacial score (nSPS) is 12.1. The van der Waals surface area contributed by atoms with E-state index in [9.17, 15) is 13.6 Å². The molecular formula is C18H22N4O3S2. The van der Waals surface area contributed by atoms with Crippen LogP contribution in [0.3, 0.4) is 0 Å². The Labute approximate surface area is 163 Å². The summed E-state index contributed by atoms with van der Waals surface area (Å²) in [6.45, 7) is 2.86. The molecule has 0 fully saturated rings. The quantitative estimate of drug-likeness (QED) is 0.342. The number of sulfonamides is 1. The van der Waals surface area contributed by atoms with Gasteiger partial charge in [0, 0.05) is 32.8 Å². The highest BCUT2D eigenvalue weighted by Gasteiger charge is 2.20. The van der Waals surface area contributed by atoms with Crippen LogP contribution >= 0.6 is 11.8 Å². The smallest absolute Gasteiger partial charge is 0.251 e. The molecule has 0 saturated carbocycles. The van der Waals surface area contributed by atoms with Gasteiger partial charge in [0.2, 0.25) is 10.0 Å². The third kappa shape index (κ3) is 3.95. The van der Waals surface area contributed by atoms with E-state index in [1.165, 1.54) is 36.4 Å². The Kier molecular flexibility index (Phi) is 5.73. The Morgan fingerprint density at radius 2 is 2.04 bits per heavy atom. The Bertz CT molecular complexity index is 1060. The van der Waals surface area contributed by atoms with Crippen molar-refractivity contribution in [2.45, 2.75) is 35.6 Å². The van der Waals surface area contributed by atoms with Crippen molar-refractivity contribution < 1.29 is 13.1 Å². The summed E-state index contributed by atoms with van der Waals surface area (Å²) in [5.41, 5.74) is 1.54. The Morgan fingerprint density at radius 3 is 2.70 bits per heavy atom. The maximum absolute atomic E-state index is 12.4. The zero-order valence-corrected chi connectivity index (χ0v) is 17.1. The minimum atomic E-state index is -3.51. The molecule has 144 valence electrons. The second-order valence-corrected chi connectivity index (χ2v) is 9.42. The third-order valence-corrected chi connectivity index (χ3v) is 6.99. The molecule has 2 heterocycles. The number of pyridine rings is 1. The molecule has 0 aliphatic heterocycles. The molecule has 9 heteroatoms. The van der Waals surface area contributed by atoms with E-state index < -0.39 is 10.0 Å². The summed E-state index contributed by atoms with van der Waals surface area (Å²) in [5.74, 6) is 1.34. The summed E-state index contributed by atoms with van der Waals surface area (Å²) in [4.78, 5) is 4.88. The van der Waals surface area contributed by atoms with E-state index in [2.05, 4.69) is 16.5 Å². The number of aromatic nitrogens is 3. The molecule has 3 aromatic rings. The molecule has 0 atom stereocenters. The monoisotopic (exact) mass is 406 g/mol. The molecule has 3 rings (SSSR count). The fraction of sp³-hybridized carbons (Fsp3) is 0.333. The van der Waals surface area contributed by atoms with Gasteiger partial charge in [-0.05, 0) is 42.4 Å². The molecule has 0 unspecified atom stereocenters. The number of imidazole rings is 1. The van der Waals surface area contributed by atoms with Gasteiger partial charge >= 0.3 is 0 Å². The molecule has 0 bridgehead atoms. The predicted molar refractivity (Wildman–Crippen MR) is 106 cm³/mol. The lowest BCUT2D eigenvalue weighted by Gasteiger charge is -2.11. The summed E-state index contributed by atoms with van der Waals surface area (Å²) in [7, 11) is -0.492. The van der Waals surface area contributed by atoms with Crippen LogP contribution in [0.15, 0.2) is 52.5 Å². The molecule has 1 aromatic carbocycles. The van der Waals surface area contributed by atoms with E-state index in [1.807, 2.05) is 6.07 Å². The largest absolute Gasteiger partial charge is 0.618 e. The van der Waals surface area contributed by atoms with Crippen molar-refractivity contribution in [3.05, 3.63) is 53.6 Å². The van der Waals surface area contributed by atoms with Crippen LogP contribution in [0.4, 0.5) is 0 Å². The SMILES string of the molecule is CCCn1c(CSc2cccc[n+]2[O-])nc2cc(S(=O)(=O)N(C)C)ccc21. The van der Waals surface area contributed by atoms with Crippen LogP contribution in [0, 0.1) is 5.21 Å². The molecule has 0 amide bonds. The van der Waals surface area contributed by atoms with Gasteiger partial charge in [0.25, 0.3) is 5.03 Å². The number of fused-ring (bicyclic) bond motifs is 1. The lowest BCUT2D eigenvalue weighted by Crippen LogP contribution is -2.27. The maximum Gasteiger partial charge on any atom is 0.251 e. The average Bonchev–Trinajstić information content (AvgIpc) is 2.98. The van der Waals surface area contributed by atoms with Crippen molar-refractivity contribution in [1.82, 2.24) is 13.9 Å². The topological polar surface area (TPSA) is 82.1 Å². The van der Waals surface area contributed by atoms with Crippen LogP contribution in [-0.2, 0) is 22.3 Å². The highest BCUT2D eigenvalue weighted by Crippen LogP contribution is 2.26. The van der Waals surface area contributed by atoms with Crippen molar-refractivity contribution >= 4 is 32.8 Å². The molecule has 0 aliphatic rings. The van der Waals surface area contributed by atoms with Crippen LogP contribution in [0.1, 0.15) is 19.2 Å². The fourth-order valence-corrected chi connectivity index (χ4v) is 4.56. The molecule has 0 spiro atoms. The Hall–Kier alpha value is -2.10.